The van der Waals surface area contributed by atoms with Gasteiger partial charge in [0.1, 0.15) is 5.68 Å². The highest BCUT2D eigenvalue weighted by Crippen LogP contribution is 2.21. The van der Waals surface area contributed by atoms with Gasteiger partial charge in [0.2, 0.25) is 0 Å². The van der Waals surface area contributed by atoms with Crippen molar-refractivity contribution >= 4 is 25.3 Å². The average molecular weight is 183 g/mol. The van der Waals surface area contributed by atoms with Crippen LogP contribution in [0.1, 0.15) is 5.56 Å². The number of para-hydroxylation sites is 1. The van der Waals surface area contributed by atoms with E-state index in [2.05, 4.69) is 5.32 Å². The van der Waals surface area contributed by atoms with Crippen molar-refractivity contribution in [1.29, 1.82) is 0 Å². The second kappa shape index (κ2) is 3.54. The molecule has 1 N–H and O–H groups in total. The summed E-state index contributed by atoms with van der Waals surface area (Å²) < 4.78 is 0. The molecule has 0 unspecified atom stereocenters. The van der Waals surface area contributed by atoms with Gasteiger partial charge in [0, 0.05) is 5.69 Å². The lowest BCUT2D eigenvalue weighted by Gasteiger charge is -2.08. The van der Waals surface area contributed by atoms with Gasteiger partial charge in [0.25, 0.3) is 0 Å². The molecule has 0 aromatic heterocycles. The number of allylic oxidation sites excluding steroid dienone is 3. The normalized spacial score (nSPS) is 13.6. The minimum atomic E-state index is 0.0475. The van der Waals surface area contributed by atoms with Gasteiger partial charge in [-0.15, -0.1) is 0 Å². The van der Waals surface area contributed by atoms with E-state index in [-0.39, 0.29) is 5.68 Å². The van der Waals surface area contributed by atoms with Crippen molar-refractivity contribution in [2.24, 2.45) is 0 Å². The number of carbonyl (C=O) groups is 1. The lowest BCUT2D eigenvalue weighted by molar-refractivity contribution is -0.108. The summed E-state index contributed by atoms with van der Waals surface area (Å²) in [5.41, 5.74) is 2.75. The molecular formula is C11H10BNO. The van der Waals surface area contributed by atoms with Crippen LogP contribution in [-0.2, 0) is 4.79 Å². The van der Waals surface area contributed by atoms with Crippen molar-refractivity contribution in [3.63, 3.8) is 0 Å². The van der Waals surface area contributed by atoms with Crippen molar-refractivity contribution in [3.8, 4) is 0 Å². The lowest BCUT2D eigenvalue weighted by Crippen LogP contribution is -2.10. The molecule has 2 rings (SSSR count). The van der Waals surface area contributed by atoms with E-state index in [4.69, 9.17) is 0 Å². The molecule has 3 heteroatoms. The SMILES string of the molecule is BC(=O)C1=CC=Cc2ccccc2N1. The Morgan fingerprint density at radius 3 is 2.86 bits per heavy atom. The Hall–Kier alpha value is -1.77. The van der Waals surface area contributed by atoms with Crippen molar-refractivity contribution < 1.29 is 4.79 Å². The molecule has 0 bridgehead atoms. The van der Waals surface area contributed by atoms with Gasteiger partial charge in [-0.1, -0.05) is 30.4 Å². The first-order valence-corrected chi connectivity index (χ1v) is 4.53. The fourth-order valence-corrected chi connectivity index (χ4v) is 1.40. The number of fused-ring (bicyclic) bond motifs is 1. The zero-order valence-electron chi connectivity index (χ0n) is 7.95. The molecule has 0 fully saturated rings. The number of hydrogen-bond donors (Lipinski definition) is 1. The predicted molar refractivity (Wildman–Crippen MR) is 60.7 cm³/mol. The first-order chi connectivity index (χ1) is 6.77. The number of benzene rings is 1. The number of nitrogens with one attached hydrogen (secondary N) is 1. The average Bonchev–Trinajstić information content (AvgIpc) is 2.39. The fraction of sp³-hybridized carbons (Fsp3) is 0. The van der Waals surface area contributed by atoms with Crippen LogP contribution in [-0.4, -0.2) is 13.5 Å². The summed E-state index contributed by atoms with van der Waals surface area (Å²) in [6.07, 6.45) is 5.66. The molecule has 0 saturated heterocycles. The Bertz CT molecular complexity index is 435. The van der Waals surface area contributed by atoms with Crippen LogP contribution in [0.5, 0.6) is 0 Å². The molecule has 0 saturated carbocycles. The third-order valence-electron chi connectivity index (χ3n) is 2.15. The van der Waals surface area contributed by atoms with Gasteiger partial charge in [-0.05, 0) is 17.7 Å². The Balaban J connectivity index is 2.42. The number of carbonyl (C=O) groups excluding carboxylic acids is 1. The molecule has 68 valence electrons. The summed E-state index contributed by atoms with van der Waals surface area (Å²) in [6.45, 7) is 0. The first-order valence-electron chi connectivity index (χ1n) is 4.53. The van der Waals surface area contributed by atoms with Crippen LogP contribution in [0, 0.1) is 0 Å². The van der Waals surface area contributed by atoms with Crippen LogP contribution < -0.4 is 5.32 Å². The molecule has 1 aliphatic heterocycles. The Kier molecular flexibility index (Phi) is 2.23. The molecule has 1 heterocycles. The summed E-state index contributed by atoms with van der Waals surface area (Å²) in [5.74, 6) is 0. The number of rotatable bonds is 1. The predicted octanol–water partition coefficient (Wildman–Crippen LogP) is 1.17. The molecule has 0 aliphatic carbocycles. The van der Waals surface area contributed by atoms with Crippen molar-refractivity contribution in [2.75, 3.05) is 5.32 Å². The highest BCUT2D eigenvalue weighted by Gasteiger charge is 2.07. The second-order valence-electron chi connectivity index (χ2n) is 3.21. The molecular weight excluding hydrogens is 173 g/mol. The highest BCUT2D eigenvalue weighted by molar-refractivity contribution is 6.62. The summed E-state index contributed by atoms with van der Waals surface area (Å²) in [6, 6.07) is 7.89. The van der Waals surface area contributed by atoms with Gasteiger partial charge in [-0.25, -0.2) is 0 Å². The zero-order chi connectivity index (χ0) is 9.97. The Labute approximate surface area is 83.7 Å². The van der Waals surface area contributed by atoms with Crippen LogP contribution >= 0.6 is 0 Å². The smallest absolute Gasteiger partial charge is 0.195 e. The Morgan fingerprint density at radius 1 is 1.29 bits per heavy atom. The van der Waals surface area contributed by atoms with E-state index in [1.807, 2.05) is 36.4 Å². The molecule has 0 amide bonds. The molecule has 0 spiro atoms. The van der Waals surface area contributed by atoms with Crippen LogP contribution in [0.2, 0.25) is 0 Å². The van der Waals surface area contributed by atoms with E-state index in [0.29, 0.717) is 5.70 Å². The van der Waals surface area contributed by atoms with Crippen LogP contribution in [0.3, 0.4) is 0 Å². The third kappa shape index (κ3) is 1.62. The Morgan fingerprint density at radius 2 is 2.07 bits per heavy atom. The van der Waals surface area contributed by atoms with E-state index < -0.39 is 0 Å². The van der Waals surface area contributed by atoms with Crippen LogP contribution in [0.4, 0.5) is 5.69 Å². The van der Waals surface area contributed by atoms with E-state index in [1.54, 1.807) is 13.9 Å². The maximum Gasteiger partial charge on any atom is 0.195 e. The zero-order valence-corrected chi connectivity index (χ0v) is 7.95. The second-order valence-corrected chi connectivity index (χ2v) is 3.21. The lowest BCUT2D eigenvalue weighted by atomic mass is 9.99. The number of anilines is 1. The summed E-state index contributed by atoms with van der Waals surface area (Å²) in [5, 5.41) is 3.11. The maximum absolute atomic E-state index is 11.2. The standard InChI is InChI=1S/C11H10BNO/c12-11(14)10-7-3-5-8-4-1-2-6-9(8)13-10/h1-7,13H,12H2. The molecule has 1 aliphatic rings. The van der Waals surface area contributed by atoms with Gasteiger partial charge >= 0.3 is 0 Å². The highest BCUT2D eigenvalue weighted by atomic mass is 16.1. The summed E-state index contributed by atoms with van der Waals surface area (Å²) >= 11 is 0. The van der Waals surface area contributed by atoms with Crippen LogP contribution in [0.25, 0.3) is 6.08 Å². The van der Waals surface area contributed by atoms with Crippen molar-refractivity contribution in [2.45, 2.75) is 0 Å². The third-order valence-corrected chi connectivity index (χ3v) is 2.15. The quantitative estimate of drug-likeness (QED) is 0.662. The van der Waals surface area contributed by atoms with Crippen molar-refractivity contribution in [3.05, 3.63) is 47.7 Å². The minimum absolute atomic E-state index is 0.0475. The minimum Gasteiger partial charge on any atom is -0.353 e. The maximum atomic E-state index is 11.2. The summed E-state index contributed by atoms with van der Waals surface area (Å²) in [7, 11) is 1.56. The van der Waals surface area contributed by atoms with Gasteiger partial charge in [-0.3, -0.25) is 0 Å². The van der Waals surface area contributed by atoms with Gasteiger partial charge in [0.15, 0.2) is 7.85 Å². The molecule has 2 nitrogen and oxygen atoms in total. The first kappa shape index (κ1) is 8.82. The van der Waals surface area contributed by atoms with Gasteiger partial charge < -0.3 is 10.1 Å². The van der Waals surface area contributed by atoms with Gasteiger partial charge in [0.05, 0.1) is 5.70 Å². The molecule has 1 aromatic carbocycles. The fourth-order valence-electron chi connectivity index (χ4n) is 1.40. The molecule has 0 atom stereocenters. The monoisotopic (exact) mass is 183 g/mol. The van der Waals surface area contributed by atoms with E-state index in [9.17, 15) is 4.79 Å². The number of hydrogen-bond acceptors (Lipinski definition) is 2. The molecule has 0 radical (unpaired) electrons. The van der Waals surface area contributed by atoms with Gasteiger partial charge in [-0.2, -0.15) is 0 Å². The molecule has 14 heavy (non-hydrogen) atoms. The topological polar surface area (TPSA) is 29.1 Å². The van der Waals surface area contributed by atoms with Crippen LogP contribution in [0.15, 0.2) is 42.1 Å². The molecule has 1 aromatic rings. The van der Waals surface area contributed by atoms with Crippen molar-refractivity contribution in [1.82, 2.24) is 0 Å². The van der Waals surface area contributed by atoms with E-state index in [1.165, 1.54) is 0 Å². The summed E-state index contributed by atoms with van der Waals surface area (Å²) in [4.78, 5) is 11.2. The largest absolute Gasteiger partial charge is 0.353 e. The van der Waals surface area contributed by atoms with E-state index >= 15 is 0 Å². The van der Waals surface area contributed by atoms with E-state index in [0.717, 1.165) is 11.3 Å².